The van der Waals surface area contributed by atoms with Crippen LogP contribution in [0.3, 0.4) is 0 Å². The number of nitrogens with one attached hydrogen (secondary N) is 1. The number of rotatable bonds is 5. The van der Waals surface area contributed by atoms with Crippen molar-refractivity contribution in [3.8, 4) is 23.0 Å². The van der Waals surface area contributed by atoms with Crippen LogP contribution in [0.25, 0.3) is 22.4 Å². The van der Waals surface area contributed by atoms with Crippen LogP contribution < -0.4 is 20.5 Å². The zero-order valence-electron chi connectivity index (χ0n) is 19.9. The highest BCUT2D eigenvalue weighted by atomic mass is 19.4. The van der Waals surface area contributed by atoms with Crippen molar-refractivity contribution < 1.29 is 31.9 Å². The maximum absolute atomic E-state index is 13.3. The van der Waals surface area contributed by atoms with Crippen molar-refractivity contribution in [2.75, 3.05) is 13.7 Å². The number of fused-ring (bicyclic) bond motifs is 2. The Kier molecular flexibility index (Phi) is 6.24. The van der Waals surface area contributed by atoms with E-state index in [1.54, 1.807) is 13.0 Å². The lowest BCUT2D eigenvalue weighted by atomic mass is 10.0. The Hall–Kier alpha value is -4.12. The van der Waals surface area contributed by atoms with Gasteiger partial charge in [0.05, 0.1) is 25.8 Å². The number of benzene rings is 2. The van der Waals surface area contributed by atoms with Gasteiger partial charge in [-0.15, -0.1) is 0 Å². The summed E-state index contributed by atoms with van der Waals surface area (Å²) in [4.78, 5) is 21.5. The van der Waals surface area contributed by atoms with Gasteiger partial charge in [-0.2, -0.15) is 13.2 Å². The standard InChI is InChI=1S/C26H23F3N4O4/c1-13(30)23-22(24(34)31-17-11-12-36-18-6-4-3-5-16(17)18)33-25(37-23)15-7-9-19(35-2)21-14(15)8-10-20(32-21)26(27,28)29/h3-10,13,17H,11-12,30H2,1-2H3,(H,31,34)/t13-,17?/m0/s1. The number of aromatic nitrogens is 2. The predicted molar refractivity (Wildman–Crippen MR) is 128 cm³/mol. The van der Waals surface area contributed by atoms with E-state index in [1.807, 2.05) is 24.3 Å². The van der Waals surface area contributed by atoms with E-state index in [1.165, 1.54) is 19.2 Å². The van der Waals surface area contributed by atoms with Gasteiger partial charge in [0.2, 0.25) is 5.89 Å². The van der Waals surface area contributed by atoms with Gasteiger partial charge in [-0.05, 0) is 37.3 Å². The summed E-state index contributed by atoms with van der Waals surface area (Å²) in [7, 11) is 1.34. The van der Waals surface area contributed by atoms with Crippen molar-refractivity contribution in [3.05, 3.63) is 71.2 Å². The van der Waals surface area contributed by atoms with Gasteiger partial charge in [0.15, 0.2) is 11.5 Å². The lowest BCUT2D eigenvalue weighted by molar-refractivity contribution is -0.140. The Balaban J connectivity index is 1.55. The number of nitrogens with zero attached hydrogens (tertiary/aromatic N) is 2. The summed E-state index contributed by atoms with van der Waals surface area (Å²) in [5.74, 6) is 0.540. The molecule has 192 valence electrons. The first-order chi connectivity index (χ1) is 17.7. The van der Waals surface area contributed by atoms with Gasteiger partial charge < -0.3 is 24.9 Å². The second kappa shape index (κ2) is 9.40. The highest BCUT2D eigenvalue weighted by Crippen LogP contribution is 2.38. The summed E-state index contributed by atoms with van der Waals surface area (Å²) in [6.07, 6.45) is -4.06. The van der Waals surface area contributed by atoms with Crippen LogP contribution in [0, 0.1) is 0 Å². The first kappa shape index (κ1) is 24.6. The summed E-state index contributed by atoms with van der Waals surface area (Å²) in [6.45, 7) is 2.09. The van der Waals surface area contributed by atoms with E-state index in [0.717, 1.165) is 11.6 Å². The van der Waals surface area contributed by atoms with Crippen molar-refractivity contribution in [2.45, 2.75) is 31.6 Å². The molecule has 4 aromatic rings. The minimum atomic E-state index is -4.63. The number of oxazole rings is 1. The predicted octanol–water partition coefficient (Wildman–Crippen LogP) is 5.19. The average molecular weight is 512 g/mol. The number of amides is 1. The fourth-order valence-corrected chi connectivity index (χ4v) is 4.34. The zero-order valence-corrected chi connectivity index (χ0v) is 19.9. The fraction of sp³-hybridized carbons (Fsp3) is 0.269. The molecule has 1 aliphatic heterocycles. The van der Waals surface area contributed by atoms with Crippen molar-refractivity contribution in [1.29, 1.82) is 0 Å². The molecule has 0 fully saturated rings. The summed E-state index contributed by atoms with van der Waals surface area (Å²) >= 11 is 0. The molecule has 2 aromatic heterocycles. The van der Waals surface area contributed by atoms with E-state index in [2.05, 4.69) is 15.3 Å². The van der Waals surface area contributed by atoms with E-state index < -0.39 is 23.8 Å². The largest absolute Gasteiger partial charge is 0.494 e. The molecule has 11 heteroatoms. The molecular formula is C26H23F3N4O4. The smallest absolute Gasteiger partial charge is 0.433 e. The summed E-state index contributed by atoms with van der Waals surface area (Å²) in [6, 6.07) is 11.7. The van der Waals surface area contributed by atoms with Crippen LogP contribution in [-0.4, -0.2) is 29.6 Å². The second-order valence-electron chi connectivity index (χ2n) is 8.63. The monoisotopic (exact) mass is 512 g/mol. The molecule has 0 saturated carbocycles. The molecule has 1 amide bonds. The third-order valence-electron chi connectivity index (χ3n) is 6.11. The minimum Gasteiger partial charge on any atom is -0.494 e. The Morgan fingerprint density at radius 2 is 1.95 bits per heavy atom. The van der Waals surface area contributed by atoms with E-state index in [4.69, 9.17) is 19.6 Å². The normalized spacial score (nSPS) is 16.1. The first-order valence-electron chi connectivity index (χ1n) is 11.5. The van der Waals surface area contributed by atoms with Crippen LogP contribution >= 0.6 is 0 Å². The number of ether oxygens (including phenoxy) is 2. The number of nitrogens with two attached hydrogens (primary N) is 1. The molecule has 3 heterocycles. The van der Waals surface area contributed by atoms with Crippen molar-refractivity contribution in [3.63, 3.8) is 0 Å². The highest BCUT2D eigenvalue weighted by molar-refractivity contribution is 5.98. The average Bonchev–Trinajstić information content (AvgIpc) is 3.33. The summed E-state index contributed by atoms with van der Waals surface area (Å²) in [5.41, 5.74) is 6.20. The highest BCUT2D eigenvalue weighted by Gasteiger charge is 2.33. The van der Waals surface area contributed by atoms with E-state index >= 15 is 0 Å². The molecule has 0 bridgehead atoms. The molecule has 1 aliphatic rings. The van der Waals surface area contributed by atoms with Crippen LogP contribution in [-0.2, 0) is 6.18 Å². The number of methoxy groups -OCH3 is 1. The van der Waals surface area contributed by atoms with E-state index in [-0.39, 0.29) is 34.7 Å². The van der Waals surface area contributed by atoms with Gasteiger partial charge in [-0.1, -0.05) is 18.2 Å². The molecule has 5 rings (SSSR count). The number of halogens is 3. The van der Waals surface area contributed by atoms with Crippen LogP contribution in [0.2, 0.25) is 0 Å². The quantitative estimate of drug-likeness (QED) is 0.378. The lowest BCUT2D eigenvalue weighted by Crippen LogP contribution is -2.33. The number of alkyl halides is 3. The van der Waals surface area contributed by atoms with E-state index in [0.29, 0.717) is 29.7 Å². The Morgan fingerprint density at radius 3 is 2.68 bits per heavy atom. The Labute approximate surface area is 209 Å². The SMILES string of the molecule is COc1ccc(-c2nc(C(=O)NC3CCOc4ccccc43)c([C@H](C)N)o2)c2ccc(C(F)(F)F)nc12. The lowest BCUT2D eigenvalue weighted by Gasteiger charge is -2.26. The van der Waals surface area contributed by atoms with E-state index in [9.17, 15) is 18.0 Å². The van der Waals surface area contributed by atoms with Gasteiger partial charge in [0, 0.05) is 22.9 Å². The van der Waals surface area contributed by atoms with Gasteiger partial charge in [0.1, 0.15) is 22.7 Å². The molecule has 0 saturated heterocycles. The zero-order chi connectivity index (χ0) is 26.3. The molecule has 1 unspecified atom stereocenters. The number of hydrogen-bond donors (Lipinski definition) is 2. The van der Waals surface area contributed by atoms with Crippen LogP contribution in [0.5, 0.6) is 11.5 Å². The molecule has 2 aromatic carbocycles. The molecular weight excluding hydrogens is 489 g/mol. The maximum atomic E-state index is 13.3. The number of carbonyl (C=O) groups excluding carboxylic acids is 1. The maximum Gasteiger partial charge on any atom is 0.433 e. The van der Waals surface area contributed by atoms with Gasteiger partial charge in [-0.3, -0.25) is 4.79 Å². The Bertz CT molecular complexity index is 1480. The number of pyridine rings is 1. The molecule has 37 heavy (non-hydrogen) atoms. The van der Waals surface area contributed by atoms with Gasteiger partial charge in [-0.25, -0.2) is 9.97 Å². The van der Waals surface area contributed by atoms with Crippen LogP contribution in [0.1, 0.15) is 52.9 Å². The van der Waals surface area contributed by atoms with Gasteiger partial charge in [0.25, 0.3) is 5.91 Å². The number of carbonyl (C=O) groups is 1. The third-order valence-corrected chi connectivity index (χ3v) is 6.11. The first-order valence-corrected chi connectivity index (χ1v) is 11.5. The second-order valence-corrected chi connectivity index (χ2v) is 8.63. The topological polar surface area (TPSA) is 112 Å². The Morgan fingerprint density at radius 1 is 1.16 bits per heavy atom. The minimum absolute atomic E-state index is 0.00203. The fourth-order valence-electron chi connectivity index (χ4n) is 4.34. The summed E-state index contributed by atoms with van der Waals surface area (Å²) < 4.78 is 56.7. The molecule has 0 radical (unpaired) electrons. The number of para-hydroxylation sites is 1. The molecule has 2 atom stereocenters. The van der Waals surface area contributed by atoms with Crippen molar-refractivity contribution in [1.82, 2.24) is 15.3 Å². The van der Waals surface area contributed by atoms with Gasteiger partial charge >= 0.3 is 6.18 Å². The van der Waals surface area contributed by atoms with Crippen LogP contribution in [0.4, 0.5) is 13.2 Å². The molecule has 3 N–H and O–H groups in total. The molecule has 8 nitrogen and oxygen atoms in total. The summed E-state index contributed by atoms with van der Waals surface area (Å²) in [5, 5.41) is 3.29. The third kappa shape index (κ3) is 4.57. The molecule has 0 spiro atoms. The number of hydrogen-bond acceptors (Lipinski definition) is 7. The van der Waals surface area contributed by atoms with Crippen molar-refractivity contribution in [2.24, 2.45) is 5.73 Å². The van der Waals surface area contributed by atoms with Crippen LogP contribution in [0.15, 0.2) is 52.9 Å². The van der Waals surface area contributed by atoms with Crippen molar-refractivity contribution >= 4 is 16.8 Å². The molecule has 0 aliphatic carbocycles.